The number of aromatic nitrogens is 1. The molecule has 8 heteroatoms. The maximum atomic E-state index is 12.7. The zero-order valence-corrected chi connectivity index (χ0v) is 16.1. The fourth-order valence-electron chi connectivity index (χ4n) is 2.73. The van der Waals surface area contributed by atoms with Crippen LogP contribution in [0.4, 0.5) is 17.1 Å². The monoisotopic (exact) mass is 410 g/mol. The molecule has 28 heavy (non-hydrogen) atoms. The predicted octanol–water partition coefficient (Wildman–Crippen LogP) is 6.04. The SMILES string of the molecule is O=S(=O)(Nc1cccc2c(/N=N/c3ccccc3)c[nH]c12)c1ccc(Cl)cc1. The summed E-state index contributed by atoms with van der Waals surface area (Å²) in [4.78, 5) is 3.20. The number of fused-ring (bicyclic) bond motifs is 1. The van der Waals surface area contributed by atoms with E-state index in [4.69, 9.17) is 11.6 Å². The van der Waals surface area contributed by atoms with Gasteiger partial charge in [-0.05, 0) is 42.5 Å². The van der Waals surface area contributed by atoms with E-state index >= 15 is 0 Å². The molecule has 0 saturated carbocycles. The molecule has 0 aliphatic heterocycles. The second-order valence-corrected chi connectivity index (χ2v) is 8.12. The van der Waals surface area contributed by atoms with Gasteiger partial charge < -0.3 is 4.98 Å². The molecule has 0 aliphatic rings. The van der Waals surface area contributed by atoms with Crippen LogP contribution in [0.1, 0.15) is 0 Å². The van der Waals surface area contributed by atoms with E-state index in [-0.39, 0.29) is 4.90 Å². The molecule has 0 atom stereocenters. The molecule has 6 nitrogen and oxygen atoms in total. The number of nitrogens with one attached hydrogen (secondary N) is 2. The van der Waals surface area contributed by atoms with Gasteiger partial charge in [0.2, 0.25) is 0 Å². The van der Waals surface area contributed by atoms with E-state index in [0.29, 0.717) is 21.9 Å². The van der Waals surface area contributed by atoms with Gasteiger partial charge in [-0.15, -0.1) is 5.11 Å². The molecule has 0 unspecified atom stereocenters. The molecule has 0 radical (unpaired) electrons. The summed E-state index contributed by atoms with van der Waals surface area (Å²) in [6.45, 7) is 0. The standard InChI is InChI=1S/C20H15ClN4O2S/c21-14-9-11-16(12-10-14)28(26,27)25-18-8-4-7-17-19(13-22-20(17)18)24-23-15-5-2-1-3-6-15/h1-13,22,25H/b24-23+. The Balaban J connectivity index is 1.67. The lowest BCUT2D eigenvalue weighted by Gasteiger charge is -2.09. The van der Waals surface area contributed by atoms with Crippen LogP contribution in [-0.4, -0.2) is 13.4 Å². The second-order valence-electron chi connectivity index (χ2n) is 6.00. The Hall–Kier alpha value is -3.16. The van der Waals surface area contributed by atoms with Crippen LogP contribution in [0.2, 0.25) is 5.02 Å². The van der Waals surface area contributed by atoms with Crippen LogP contribution in [0.25, 0.3) is 10.9 Å². The van der Waals surface area contributed by atoms with Crippen LogP contribution in [-0.2, 0) is 10.0 Å². The highest BCUT2D eigenvalue weighted by molar-refractivity contribution is 7.92. The van der Waals surface area contributed by atoms with Crippen molar-refractivity contribution in [3.8, 4) is 0 Å². The molecule has 140 valence electrons. The van der Waals surface area contributed by atoms with Crippen LogP contribution in [0.15, 0.2) is 94.1 Å². The molecule has 3 aromatic carbocycles. The number of anilines is 1. The molecule has 4 aromatic rings. The summed E-state index contributed by atoms with van der Waals surface area (Å²) >= 11 is 5.84. The summed E-state index contributed by atoms with van der Waals surface area (Å²) in [7, 11) is -3.75. The highest BCUT2D eigenvalue weighted by atomic mass is 35.5. The summed E-state index contributed by atoms with van der Waals surface area (Å²) in [5.74, 6) is 0. The van der Waals surface area contributed by atoms with Gasteiger partial charge in [0.05, 0.1) is 21.8 Å². The van der Waals surface area contributed by atoms with Gasteiger partial charge in [-0.1, -0.05) is 41.9 Å². The number of benzene rings is 3. The second kappa shape index (κ2) is 7.46. The number of rotatable bonds is 5. The van der Waals surface area contributed by atoms with Gasteiger partial charge in [0.25, 0.3) is 10.0 Å². The average molecular weight is 411 g/mol. The smallest absolute Gasteiger partial charge is 0.261 e. The molecule has 1 heterocycles. The lowest BCUT2D eigenvalue weighted by molar-refractivity contribution is 0.601. The van der Waals surface area contributed by atoms with E-state index in [1.54, 1.807) is 18.3 Å². The molecule has 0 amide bonds. The molecule has 0 bridgehead atoms. The van der Waals surface area contributed by atoms with E-state index in [0.717, 1.165) is 11.1 Å². The molecule has 4 rings (SSSR count). The maximum absolute atomic E-state index is 12.7. The number of aromatic amines is 1. The van der Waals surface area contributed by atoms with Crippen LogP contribution >= 0.6 is 11.6 Å². The number of hydrogen-bond donors (Lipinski definition) is 2. The summed E-state index contributed by atoms with van der Waals surface area (Å²) in [6.07, 6.45) is 1.69. The van der Waals surface area contributed by atoms with Gasteiger partial charge in [0, 0.05) is 16.6 Å². The Morgan fingerprint density at radius 2 is 1.61 bits per heavy atom. The first kappa shape index (κ1) is 18.2. The fraction of sp³-hybridized carbons (Fsp3) is 0. The van der Waals surface area contributed by atoms with Gasteiger partial charge in [-0.25, -0.2) is 8.42 Å². The van der Waals surface area contributed by atoms with E-state index in [1.807, 2.05) is 36.4 Å². The number of H-pyrrole nitrogens is 1. The van der Waals surface area contributed by atoms with Crippen LogP contribution in [0.3, 0.4) is 0 Å². The number of nitrogens with zero attached hydrogens (tertiary/aromatic N) is 2. The van der Waals surface area contributed by atoms with Crippen molar-refractivity contribution in [3.63, 3.8) is 0 Å². The number of hydrogen-bond acceptors (Lipinski definition) is 4. The first-order chi connectivity index (χ1) is 13.5. The zero-order chi connectivity index (χ0) is 19.6. The Labute approximate surface area is 166 Å². The van der Waals surface area contributed by atoms with Crippen molar-refractivity contribution < 1.29 is 8.42 Å². The van der Waals surface area contributed by atoms with Crippen molar-refractivity contribution in [1.29, 1.82) is 0 Å². The van der Waals surface area contributed by atoms with Gasteiger partial charge >= 0.3 is 0 Å². The minimum atomic E-state index is -3.75. The Morgan fingerprint density at radius 3 is 2.36 bits per heavy atom. The fourth-order valence-corrected chi connectivity index (χ4v) is 3.93. The minimum absolute atomic E-state index is 0.129. The first-order valence-corrected chi connectivity index (χ1v) is 10.2. The third kappa shape index (κ3) is 3.76. The molecule has 0 fully saturated rings. The zero-order valence-electron chi connectivity index (χ0n) is 14.5. The summed E-state index contributed by atoms with van der Waals surface area (Å²) in [6, 6.07) is 20.7. The van der Waals surface area contributed by atoms with Crippen molar-refractivity contribution in [2.75, 3.05) is 4.72 Å². The highest BCUT2D eigenvalue weighted by Gasteiger charge is 2.16. The third-order valence-corrected chi connectivity index (χ3v) is 5.72. The molecule has 1 aromatic heterocycles. The lowest BCUT2D eigenvalue weighted by atomic mass is 10.2. The molecular weight excluding hydrogens is 396 g/mol. The number of azo groups is 1. The minimum Gasteiger partial charge on any atom is -0.357 e. The summed E-state index contributed by atoms with van der Waals surface area (Å²) in [5.41, 5.74) is 2.40. The normalized spacial score (nSPS) is 11.9. The summed E-state index contributed by atoms with van der Waals surface area (Å²) in [5, 5.41) is 9.72. The van der Waals surface area contributed by atoms with Gasteiger partial charge in [0.15, 0.2) is 0 Å². The quantitative estimate of drug-likeness (QED) is 0.393. The topological polar surface area (TPSA) is 86.7 Å². The van der Waals surface area contributed by atoms with E-state index < -0.39 is 10.0 Å². The Bertz CT molecular complexity index is 1250. The van der Waals surface area contributed by atoms with Crippen LogP contribution in [0.5, 0.6) is 0 Å². The Kier molecular flexibility index (Phi) is 4.85. The van der Waals surface area contributed by atoms with Gasteiger partial charge in [0.1, 0.15) is 5.69 Å². The molecule has 0 saturated heterocycles. The number of sulfonamides is 1. The van der Waals surface area contributed by atoms with Crippen LogP contribution < -0.4 is 4.72 Å². The first-order valence-electron chi connectivity index (χ1n) is 8.38. The Morgan fingerprint density at radius 1 is 0.857 bits per heavy atom. The molecule has 2 N–H and O–H groups in total. The third-order valence-electron chi connectivity index (χ3n) is 4.09. The average Bonchev–Trinajstić information content (AvgIpc) is 3.11. The van der Waals surface area contributed by atoms with Crippen molar-refractivity contribution in [2.24, 2.45) is 10.2 Å². The largest absolute Gasteiger partial charge is 0.357 e. The van der Waals surface area contributed by atoms with Crippen molar-refractivity contribution >= 4 is 49.6 Å². The van der Waals surface area contributed by atoms with Gasteiger partial charge in [-0.2, -0.15) is 5.11 Å². The molecule has 0 aliphatic carbocycles. The van der Waals surface area contributed by atoms with Crippen molar-refractivity contribution in [3.05, 3.63) is 84.0 Å². The number of halogens is 1. The van der Waals surface area contributed by atoms with Crippen molar-refractivity contribution in [2.45, 2.75) is 4.90 Å². The van der Waals surface area contributed by atoms with Crippen molar-refractivity contribution in [1.82, 2.24) is 4.98 Å². The maximum Gasteiger partial charge on any atom is 0.261 e. The highest BCUT2D eigenvalue weighted by Crippen LogP contribution is 2.32. The number of para-hydroxylation sites is 1. The van der Waals surface area contributed by atoms with E-state index in [9.17, 15) is 8.42 Å². The van der Waals surface area contributed by atoms with E-state index in [2.05, 4.69) is 19.9 Å². The molecule has 0 spiro atoms. The predicted molar refractivity (Wildman–Crippen MR) is 111 cm³/mol. The van der Waals surface area contributed by atoms with Crippen LogP contribution in [0, 0.1) is 0 Å². The van der Waals surface area contributed by atoms with E-state index in [1.165, 1.54) is 24.3 Å². The molecular formula is C20H15ClN4O2S. The lowest BCUT2D eigenvalue weighted by Crippen LogP contribution is -2.13. The summed E-state index contributed by atoms with van der Waals surface area (Å²) < 4.78 is 27.9. The van der Waals surface area contributed by atoms with Gasteiger partial charge in [-0.3, -0.25) is 4.72 Å².